The first kappa shape index (κ1) is 17.3. The maximum Gasteiger partial charge on any atom is 0.267 e. The van der Waals surface area contributed by atoms with E-state index >= 15 is 0 Å². The molecule has 1 aliphatic rings. The van der Waals surface area contributed by atoms with Crippen LogP contribution in [0.1, 0.15) is 40.0 Å². The van der Waals surface area contributed by atoms with E-state index in [1.54, 1.807) is 11.8 Å². The minimum Gasteiger partial charge on any atom is -0.479 e. The van der Waals surface area contributed by atoms with Crippen molar-refractivity contribution in [1.29, 1.82) is 0 Å². The van der Waals surface area contributed by atoms with Crippen molar-refractivity contribution in [3.05, 3.63) is 24.3 Å². The summed E-state index contributed by atoms with van der Waals surface area (Å²) in [7, 11) is 0. The van der Waals surface area contributed by atoms with Gasteiger partial charge in [0.1, 0.15) is 5.75 Å². The van der Waals surface area contributed by atoms with Gasteiger partial charge in [-0.3, -0.25) is 9.59 Å². The molecule has 23 heavy (non-hydrogen) atoms. The van der Waals surface area contributed by atoms with E-state index in [1.807, 2.05) is 24.3 Å². The van der Waals surface area contributed by atoms with E-state index in [0.717, 1.165) is 18.5 Å². The maximum atomic E-state index is 12.3. The minimum absolute atomic E-state index is 0.0156. The average Bonchev–Trinajstić information content (AvgIpc) is 2.52. The van der Waals surface area contributed by atoms with E-state index in [1.165, 1.54) is 0 Å². The molecule has 126 valence electrons. The monoisotopic (exact) mass is 318 g/mol. The van der Waals surface area contributed by atoms with E-state index in [-0.39, 0.29) is 11.8 Å². The van der Waals surface area contributed by atoms with Crippen molar-refractivity contribution in [3.8, 4) is 5.75 Å². The number of fused-ring (bicyclic) bond motifs is 1. The largest absolute Gasteiger partial charge is 0.479 e. The number of hydrogen-bond acceptors (Lipinski definition) is 3. The predicted molar refractivity (Wildman–Crippen MR) is 90.6 cm³/mol. The Morgan fingerprint density at radius 2 is 2.09 bits per heavy atom. The van der Waals surface area contributed by atoms with Crippen molar-refractivity contribution < 1.29 is 14.3 Å². The standard InChI is InChI=1S/C18H26N2O3/c1-13(2)7-6-11-19-17(21)10-12-20-15-8-4-5-9-16(15)23-14(3)18(20)22/h4-5,8-9,13-14H,6-7,10-12H2,1-3H3,(H,19,21). The lowest BCUT2D eigenvalue weighted by atomic mass is 10.1. The fraction of sp³-hybridized carbons (Fsp3) is 0.556. The Hall–Kier alpha value is -2.04. The number of nitrogens with one attached hydrogen (secondary N) is 1. The normalized spacial score (nSPS) is 17.0. The van der Waals surface area contributed by atoms with E-state index in [2.05, 4.69) is 19.2 Å². The molecule has 1 unspecified atom stereocenters. The lowest BCUT2D eigenvalue weighted by molar-refractivity contribution is -0.125. The summed E-state index contributed by atoms with van der Waals surface area (Å²) in [5.74, 6) is 1.22. The van der Waals surface area contributed by atoms with Crippen LogP contribution in [0.2, 0.25) is 0 Å². The van der Waals surface area contributed by atoms with E-state index < -0.39 is 6.10 Å². The van der Waals surface area contributed by atoms with Crippen molar-refractivity contribution in [1.82, 2.24) is 5.32 Å². The lowest BCUT2D eigenvalue weighted by Gasteiger charge is -2.32. The summed E-state index contributed by atoms with van der Waals surface area (Å²) in [5, 5.41) is 2.92. The number of rotatable bonds is 7. The minimum atomic E-state index is -0.515. The Morgan fingerprint density at radius 1 is 1.35 bits per heavy atom. The second kappa shape index (κ2) is 7.99. The van der Waals surface area contributed by atoms with Crippen molar-refractivity contribution in [2.75, 3.05) is 18.0 Å². The van der Waals surface area contributed by atoms with Gasteiger partial charge in [0, 0.05) is 19.5 Å². The van der Waals surface area contributed by atoms with E-state index in [9.17, 15) is 9.59 Å². The molecule has 2 amide bonds. The molecule has 2 rings (SSSR count). The van der Waals surface area contributed by atoms with E-state index in [0.29, 0.717) is 31.2 Å². The fourth-order valence-corrected chi connectivity index (χ4v) is 2.63. The first-order chi connectivity index (χ1) is 11.0. The summed E-state index contributed by atoms with van der Waals surface area (Å²) < 4.78 is 5.59. The lowest BCUT2D eigenvalue weighted by Crippen LogP contribution is -2.45. The molecule has 0 radical (unpaired) electrons. The Balaban J connectivity index is 1.87. The van der Waals surface area contributed by atoms with Gasteiger partial charge in [-0.05, 0) is 37.8 Å². The molecule has 0 aromatic heterocycles. The van der Waals surface area contributed by atoms with Crippen molar-refractivity contribution in [2.45, 2.75) is 46.1 Å². The number of benzene rings is 1. The van der Waals surface area contributed by atoms with Gasteiger partial charge >= 0.3 is 0 Å². The Kier molecular flexibility index (Phi) is 6.02. The summed E-state index contributed by atoms with van der Waals surface area (Å²) >= 11 is 0. The van der Waals surface area contributed by atoms with Gasteiger partial charge in [-0.2, -0.15) is 0 Å². The smallest absolute Gasteiger partial charge is 0.267 e. The third-order valence-electron chi connectivity index (χ3n) is 3.92. The van der Waals surface area contributed by atoms with Crippen LogP contribution >= 0.6 is 0 Å². The highest BCUT2D eigenvalue weighted by molar-refractivity contribution is 6.00. The quantitative estimate of drug-likeness (QED) is 0.787. The number of hydrogen-bond donors (Lipinski definition) is 1. The molecule has 5 nitrogen and oxygen atoms in total. The molecule has 0 spiro atoms. The number of ether oxygens (including phenoxy) is 1. The summed E-state index contributed by atoms with van der Waals surface area (Å²) in [5.41, 5.74) is 0.739. The first-order valence-electron chi connectivity index (χ1n) is 8.32. The molecule has 1 aromatic carbocycles. The van der Waals surface area contributed by atoms with Gasteiger partial charge in [0.15, 0.2) is 6.10 Å². The second-order valence-corrected chi connectivity index (χ2v) is 6.35. The van der Waals surface area contributed by atoms with E-state index in [4.69, 9.17) is 4.74 Å². The molecule has 1 heterocycles. The molecule has 1 aliphatic heterocycles. The number of carbonyl (C=O) groups is 2. The number of amides is 2. The van der Waals surface area contributed by atoms with Crippen LogP contribution in [0, 0.1) is 5.92 Å². The summed E-state index contributed by atoms with van der Waals surface area (Å²) in [6.45, 7) is 7.15. The molecule has 0 saturated heterocycles. The molecule has 1 aromatic rings. The topological polar surface area (TPSA) is 58.6 Å². The van der Waals surface area contributed by atoms with Crippen LogP contribution in [-0.4, -0.2) is 31.0 Å². The Labute approximate surface area is 138 Å². The summed E-state index contributed by atoms with van der Waals surface area (Å²) in [4.78, 5) is 25.9. The molecular formula is C18H26N2O3. The molecule has 0 aliphatic carbocycles. The van der Waals surface area contributed by atoms with Gasteiger partial charge in [0.2, 0.25) is 5.91 Å². The summed E-state index contributed by atoms with van der Waals surface area (Å²) in [6, 6.07) is 7.43. The van der Waals surface area contributed by atoms with Gasteiger partial charge in [0.05, 0.1) is 5.69 Å². The highest BCUT2D eigenvalue weighted by atomic mass is 16.5. The predicted octanol–water partition coefficient (Wildman–Crippen LogP) is 2.74. The van der Waals surface area contributed by atoms with Crippen LogP contribution in [0.4, 0.5) is 5.69 Å². The SMILES string of the molecule is CC(C)CCCNC(=O)CCN1C(=O)C(C)Oc2ccccc21. The highest BCUT2D eigenvalue weighted by Crippen LogP contribution is 2.33. The third-order valence-corrected chi connectivity index (χ3v) is 3.92. The van der Waals surface area contributed by atoms with Gasteiger partial charge in [-0.1, -0.05) is 26.0 Å². The number of nitrogens with zero attached hydrogens (tertiary/aromatic N) is 1. The fourth-order valence-electron chi connectivity index (χ4n) is 2.63. The Bertz CT molecular complexity index is 557. The molecule has 1 N–H and O–H groups in total. The Morgan fingerprint density at radius 3 is 2.83 bits per heavy atom. The van der Waals surface area contributed by atoms with Crippen LogP contribution in [0.25, 0.3) is 0 Å². The van der Waals surface area contributed by atoms with Crippen molar-refractivity contribution in [2.24, 2.45) is 5.92 Å². The first-order valence-corrected chi connectivity index (χ1v) is 8.32. The number of para-hydroxylation sites is 2. The van der Waals surface area contributed by atoms with Gasteiger partial charge in [-0.15, -0.1) is 0 Å². The summed E-state index contributed by atoms with van der Waals surface area (Å²) in [6.07, 6.45) is 1.88. The highest BCUT2D eigenvalue weighted by Gasteiger charge is 2.31. The molecule has 0 bridgehead atoms. The maximum absolute atomic E-state index is 12.3. The number of anilines is 1. The average molecular weight is 318 g/mol. The molecule has 0 fully saturated rings. The van der Waals surface area contributed by atoms with Gasteiger partial charge < -0.3 is 15.0 Å². The van der Waals surface area contributed by atoms with Crippen LogP contribution in [0.3, 0.4) is 0 Å². The second-order valence-electron chi connectivity index (χ2n) is 6.35. The zero-order chi connectivity index (χ0) is 16.8. The van der Waals surface area contributed by atoms with Crippen molar-refractivity contribution in [3.63, 3.8) is 0 Å². The van der Waals surface area contributed by atoms with Crippen LogP contribution in [-0.2, 0) is 9.59 Å². The number of carbonyl (C=O) groups excluding carboxylic acids is 2. The van der Waals surface area contributed by atoms with Crippen LogP contribution in [0.15, 0.2) is 24.3 Å². The molecular weight excluding hydrogens is 292 g/mol. The zero-order valence-corrected chi connectivity index (χ0v) is 14.2. The molecule has 0 saturated carbocycles. The van der Waals surface area contributed by atoms with Gasteiger partial charge in [0.25, 0.3) is 5.91 Å². The molecule has 5 heteroatoms. The third kappa shape index (κ3) is 4.71. The molecule has 1 atom stereocenters. The van der Waals surface area contributed by atoms with Crippen LogP contribution in [0.5, 0.6) is 5.75 Å². The van der Waals surface area contributed by atoms with Crippen molar-refractivity contribution >= 4 is 17.5 Å². The van der Waals surface area contributed by atoms with Crippen LogP contribution < -0.4 is 15.0 Å². The zero-order valence-electron chi connectivity index (χ0n) is 14.2. The van der Waals surface area contributed by atoms with Gasteiger partial charge in [-0.25, -0.2) is 0 Å².